The topological polar surface area (TPSA) is 44.0 Å². The highest BCUT2D eigenvalue weighted by Crippen LogP contribution is 2.45. The van der Waals surface area contributed by atoms with Gasteiger partial charge in [-0.15, -0.1) is 0 Å². The predicted molar refractivity (Wildman–Crippen MR) is 98.1 cm³/mol. The normalized spacial score (nSPS) is 21.3. The van der Waals surface area contributed by atoms with Crippen LogP contribution in [0, 0.1) is 5.92 Å². The van der Waals surface area contributed by atoms with Gasteiger partial charge in [-0.2, -0.15) is 0 Å². The summed E-state index contributed by atoms with van der Waals surface area (Å²) < 4.78 is 0. The fourth-order valence-electron chi connectivity index (χ4n) is 4.37. The van der Waals surface area contributed by atoms with Crippen LogP contribution in [0.5, 0.6) is 0 Å². The standard InChI is InChI=1S/C20H22N4/c1-24-10-7-13(8-11-24)19-16-12-22-20-18(16)15(6-9-21-20)14-4-2-3-5-17(14)23-19/h2-6,9,12-13,19,23H,7-8,10-11H2,1H3,(H,21,22). The van der Waals surface area contributed by atoms with Gasteiger partial charge in [0.25, 0.3) is 0 Å². The summed E-state index contributed by atoms with van der Waals surface area (Å²) in [5.41, 5.74) is 6.18. The van der Waals surface area contributed by atoms with Gasteiger partial charge in [-0.25, -0.2) is 4.98 Å². The SMILES string of the molecule is CN1CCC(C2Nc3ccccc3-c3ccnc4[nH]cc2c34)CC1. The maximum Gasteiger partial charge on any atom is 0.138 e. The minimum atomic E-state index is 0.346. The number of nitrogens with one attached hydrogen (secondary N) is 2. The van der Waals surface area contributed by atoms with Crippen molar-refractivity contribution in [2.45, 2.75) is 18.9 Å². The molecule has 2 aliphatic heterocycles. The average molecular weight is 318 g/mol. The lowest BCUT2D eigenvalue weighted by molar-refractivity contribution is 0.205. The number of aromatic nitrogens is 2. The van der Waals surface area contributed by atoms with E-state index in [0.717, 1.165) is 5.65 Å². The number of benzene rings is 1. The maximum absolute atomic E-state index is 4.56. The number of rotatable bonds is 1. The zero-order chi connectivity index (χ0) is 16.1. The molecule has 4 nitrogen and oxygen atoms in total. The lowest BCUT2D eigenvalue weighted by atomic mass is 9.85. The first-order valence-electron chi connectivity index (χ1n) is 8.82. The number of hydrogen-bond donors (Lipinski definition) is 2. The molecule has 2 aromatic heterocycles. The fraction of sp³-hybridized carbons (Fsp3) is 0.350. The summed E-state index contributed by atoms with van der Waals surface area (Å²) in [6.45, 7) is 2.36. The summed E-state index contributed by atoms with van der Waals surface area (Å²) in [6, 6.07) is 11.2. The van der Waals surface area contributed by atoms with Crippen LogP contribution in [0.2, 0.25) is 0 Å². The number of aromatic amines is 1. The van der Waals surface area contributed by atoms with E-state index in [0.29, 0.717) is 12.0 Å². The molecule has 0 spiro atoms. The van der Waals surface area contributed by atoms with Gasteiger partial charge in [-0.3, -0.25) is 0 Å². The van der Waals surface area contributed by atoms with E-state index in [4.69, 9.17) is 0 Å². The molecule has 0 saturated carbocycles. The van der Waals surface area contributed by atoms with E-state index in [1.165, 1.54) is 53.7 Å². The first kappa shape index (κ1) is 14.1. The van der Waals surface area contributed by atoms with Crippen LogP contribution in [0.25, 0.3) is 22.2 Å². The van der Waals surface area contributed by atoms with Crippen LogP contribution in [0.1, 0.15) is 24.4 Å². The van der Waals surface area contributed by atoms with E-state index in [-0.39, 0.29) is 0 Å². The van der Waals surface area contributed by atoms with E-state index >= 15 is 0 Å². The van der Waals surface area contributed by atoms with E-state index in [1.54, 1.807) is 0 Å². The van der Waals surface area contributed by atoms with Crippen molar-refractivity contribution >= 4 is 16.7 Å². The molecule has 122 valence electrons. The Labute approximate surface area is 141 Å². The third kappa shape index (κ3) is 2.06. The molecule has 1 aromatic carbocycles. The highest BCUT2D eigenvalue weighted by molar-refractivity contribution is 6.00. The van der Waals surface area contributed by atoms with Gasteiger partial charge >= 0.3 is 0 Å². The van der Waals surface area contributed by atoms with Gasteiger partial charge in [-0.05, 0) is 56.6 Å². The summed E-state index contributed by atoms with van der Waals surface area (Å²) in [7, 11) is 2.22. The molecule has 2 aliphatic rings. The quantitative estimate of drug-likeness (QED) is 0.712. The summed E-state index contributed by atoms with van der Waals surface area (Å²) >= 11 is 0. The number of para-hydroxylation sites is 1. The molecule has 24 heavy (non-hydrogen) atoms. The van der Waals surface area contributed by atoms with Gasteiger partial charge in [0.2, 0.25) is 0 Å². The second-order valence-electron chi connectivity index (χ2n) is 7.13. The number of nitrogens with zero attached hydrogens (tertiary/aromatic N) is 2. The van der Waals surface area contributed by atoms with Crippen LogP contribution in [-0.4, -0.2) is 35.0 Å². The smallest absolute Gasteiger partial charge is 0.138 e. The summed E-state index contributed by atoms with van der Waals surface area (Å²) in [5, 5.41) is 5.16. The predicted octanol–water partition coefficient (Wildman–Crippen LogP) is 4.04. The van der Waals surface area contributed by atoms with Crippen molar-refractivity contribution in [2.75, 3.05) is 25.5 Å². The highest BCUT2D eigenvalue weighted by Gasteiger charge is 2.31. The minimum absolute atomic E-state index is 0.346. The Bertz CT molecular complexity index is 890. The van der Waals surface area contributed by atoms with Crippen molar-refractivity contribution in [1.82, 2.24) is 14.9 Å². The van der Waals surface area contributed by atoms with Gasteiger partial charge in [0.15, 0.2) is 0 Å². The Balaban J connectivity index is 1.70. The van der Waals surface area contributed by atoms with E-state index < -0.39 is 0 Å². The Hall–Kier alpha value is -2.33. The second-order valence-corrected chi connectivity index (χ2v) is 7.13. The Morgan fingerprint density at radius 3 is 2.79 bits per heavy atom. The molecule has 2 N–H and O–H groups in total. The molecule has 1 atom stereocenters. The zero-order valence-electron chi connectivity index (χ0n) is 13.9. The molecule has 4 heteroatoms. The van der Waals surface area contributed by atoms with Gasteiger partial charge in [-0.1, -0.05) is 18.2 Å². The molecule has 1 unspecified atom stereocenters. The molecular weight excluding hydrogens is 296 g/mol. The van der Waals surface area contributed by atoms with Crippen LogP contribution in [-0.2, 0) is 0 Å². The summed E-state index contributed by atoms with van der Waals surface area (Å²) in [5.74, 6) is 0.652. The molecule has 3 aromatic rings. The van der Waals surface area contributed by atoms with Crippen LogP contribution >= 0.6 is 0 Å². The van der Waals surface area contributed by atoms with Crippen molar-refractivity contribution in [2.24, 2.45) is 5.92 Å². The van der Waals surface area contributed by atoms with Crippen LogP contribution < -0.4 is 5.32 Å². The maximum atomic E-state index is 4.56. The molecule has 1 saturated heterocycles. The zero-order valence-corrected chi connectivity index (χ0v) is 13.9. The molecule has 0 aliphatic carbocycles. The van der Waals surface area contributed by atoms with E-state index in [1.807, 2.05) is 6.20 Å². The van der Waals surface area contributed by atoms with Gasteiger partial charge in [0.05, 0.1) is 6.04 Å². The first-order chi connectivity index (χ1) is 11.8. The van der Waals surface area contributed by atoms with Crippen molar-refractivity contribution < 1.29 is 0 Å². The average Bonchev–Trinajstić information content (AvgIpc) is 2.98. The first-order valence-corrected chi connectivity index (χ1v) is 8.82. The van der Waals surface area contributed by atoms with Crippen LogP contribution in [0.15, 0.2) is 42.7 Å². The fourth-order valence-corrected chi connectivity index (χ4v) is 4.37. The van der Waals surface area contributed by atoms with Crippen molar-refractivity contribution in [3.8, 4) is 11.1 Å². The second kappa shape index (κ2) is 5.35. The number of anilines is 1. The molecule has 0 amide bonds. The Morgan fingerprint density at radius 2 is 1.92 bits per heavy atom. The Morgan fingerprint density at radius 1 is 1.08 bits per heavy atom. The highest BCUT2D eigenvalue weighted by atomic mass is 15.1. The molecule has 0 radical (unpaired) electrons. The number of piperidine rings is 1. The number of pyridine rings is 1. The Kier molecular flexibility index (Phi) is 3.13. The lowest BCUT2D eigenvalue weighted by Gasteiger charge is -2.35. The van der Waals surface area contributed by atoms with Gasteiger partial charge < -0.3 is 15.2 Å². The monoisotopic (exact) mass is 318 g/mol. The van der Waals surface area contributed by atoms with Crippen LogP contribution in [0.3, 0.4) is 0 Å². The van der Waals surface area contributed by atoms with Gasteiger partial charge in [0.1, 0.15) is 5.65 Å². The lowest BCUT2D eigenvalue weighted by Crippen LogP contribution is -2.34. The number of hydrogen-bond acceptors (Lipinski definition) is 3. The molecule has 4 heterocycles. The summed E-state index contributed by atoms with van der Waals surface area (Å²) in [4.78, 5) is 10.4. The molecule has 0 bridgehead atoms. The molecule has 5 rings (SSSR count). The summed E-state index contributed by atoms with van der Waals surface area (Å²) in [6.07, 6.45) is 6.55. The number of likely N-dealkylation sites (tertiary alicyclic amines) is 1. The minimum Gasteiger partial charge on any atom is -0.377 e. The number of H-pyrrole nitrogens is 1. The van der Waals surface area contributed by atoms with E-state index in [9.17, 15) is 0 Å². The largest absolute Gasteiger partial charge is 0.377 e. The van der Waals surface area contributed by atoms with Crippen molar-refractivity contribution in [3.05, 3.63) is 48.3 Å². The van der Waals surface area contributed by atoms with Crippen molar-refractivity contribution in [1.29, 1.82) is 0 Å². The van der Waals surface area contributed by atoms with E-state index in [2.05, 4.69) is 63.8 Å². The number of fused-ring (bicyclic) bond motifs is 2. The third-order valence-corrected chi connectivity index (χ3v) is 5.70. The molecule has 1 fully saturated rings. The third-order valence-electron chi connectivity index (χ3n) is 5.70. The van der Waals surface area contributed by atoms with Crippen LogP contribution in [0.4, 0.5) is 5.69 Å². The molecular formula is C20H22N4. The van der Waals surface area contributed by atoms with Gasteiger partial charge in [0, 0.05) is 34.6 Å². The van der Waals surface area contributed by atoms with Crippen molar-refractivity contribution in [3.63, 3.8) is 0 Å².